The van der Waals surface area contributed by atoms with Gasteiger partial charge >= 0.3 is 6.03 Å². The van der Waals surface area contributed by atoms with Crippen molar-refractivity contribution in [1.29, 1.82) is 0 Å². The lowest BCUT2D eigenvalue weighted by Crippen LogP contribution is -2.65. The second-order valence-corrected chi connectivity index (χ2v) is 13.3. The van der Waals surface area contributed by atoms with E-state index in [2.05, 4.69) is 10.2 Å². The number of hydrogen-bond donors (Lipinski definition) is 2. The number of sulfonamides is 1. The van der Waals surface area contributed by atoms with E-state index in [4.69, 9.17) is 4.84 Å². The minimum atomic E-state index is -3.51. The molecule has 2 heterocycles. The van der Waals surface area contributed by atoms with Gasteiger partial charge in [-0.15, -0.1) is 0 Å². The van der Waals surface area contributed by atoms with Gasteiger partial charge in [0.25, 0.3) is 0 Å². The SMILES string of the molecule is CC1CC(CN2C(=O)C3CC(S(=O)(=O)NC4(C)CC4)CCC3N(CC3CCCC3)C2=O)ON1. The molecule has 9 nitrogen and oxygen atoms in total. The van der Waals surface area contributed by atoms with Gasteiger partial charge in [-0.1, -0.05) is 12.8 Å². The molecule has 5 aliphatic rings. The van der Waals surface area contributed by atoms with Gasteiger partial charge in [-0.2, -0.15) is 5.48 Å². The van der Waals surface area contributed by atoms with Gasteiger partial charge in [0.15, 0.2) is 0 Å². The van der Waals surface area contributed by atoms with Gasteiger partial charge in [-0.3, -0.25) is 14.5 Å². The molecule has 0 radical (unpaired) electrons. The molecule has 2 N–H and O–H groups in total. The van der Waals surface area contributed by atoms with Crippen molar-refractivity contribution >= 4 is 22.0 Å². The fourth-order valence-corrected chi connectivity index (χ4v) is 8.18. The maximum atomic E-state index is 13.6. The summed E-state index contributed by atoms with van der Waals surface area (Å²) in [5, 5.41) is -0.590. The number of hydrogen-bond acceptors (Lipinski definition) is 6. The number of rotatable bonds is 7. The average molecular weight is 483 g/mol. The summed E-state index contributed by atoms with van der Waals surface area (Å²) in [5.74, 6) is -0.237. The summed E-state index contributed by atoms with van der Waals surface area (Å²) in [7, 11) is -3.51. The van der Waals surface area contributed by atoms with Crippen molar-refractivity contribution in [1.82, 2.24) is 20.0 Å². The van der Waals surface area contributed by atoms with Gasteiger partial charge in [0, 0.05) is 24.2 Å². The van der Waals surface area contributed by atoms with Gasteiger partial charge < -0.3 is 4.90 Å². The van der Waals surface area contributed by atoms with Gasteiger partial charge in [-0.05, 0) is 71.1 Å². The van der Waals surface area contributed by atoms with Crippen LogP contribution in [0.25, 0.3) is 0 Å². The van der Waals surface area contributed by atoms with E-state index in [-0.39, 0.29) is 48.6 Å². The van der Waals surface area contributed by atoms with Gasteiger partial charge in [0.05, 0.1) is 23.8 Å². The van der Waals surface area contributed by atoms with Crippen molar-refractivity contribution in [2.24, 2.45) is 11.8 Å². The van der Waals surface area contributed by atoms with E-state index in [0.717, 1.165) is 32.1 Å². The molecule has 3 aliphatic carbocycles. The minimum absolute atomic E-state index is 0.173. The van der Waals surface area contributed by atoms with E-state index in [0.29, 0.717) is 25.3 Å². The number of imide groups is 1. The maximum Gasteiger partial charge on any atom is 0.327 e. The van der Waals surface area contributed by atoms with Crippen LogP contribution in [0.15, 0.2) is 0 Å². The highest BCUT2D eigenvalue weighted by Gasteiger charge is 2.52. The first-order chi connectivity index (χ1) is 15.7. The Balaban J connectivity index is 1.36. The van der Waals surface area contributed by atoms with Crippen molar-refractivity contribution in [3.8, 4) is 0 Å². The molecule has 0 spiro atoms. The van der Waals surface area contributed by atoms with E-state index in [1.807, 2.05) is 18.7 Å². The maximum absolute atomic E-state index is 13.6. The topological polar surface area (TPSA) is 108 Å². The van der Waals surface area contributed by atoms with E-state index >= 15 is 0 Å². The molecule has 2 aliphatic heterocycles. The number of carbonyl (C=O) groups is 2. The fraction of sp³-hybridized carbons (Fsp3) is 0.913. The number of hydroxylamine groups is 1. The number of nitrogens with zero attached hydrogens (tertiary/aromatic N) is 2. The Hall–Kier alpha value is -1.23. The normalized spacial score (nSPS) is 37.0. The summed E-state index contributed by atoms with van der Waals surface area (Å²) in [4.78, 5) is 36.0. The molecule has 5 rings (SSSR count). The predicted octanol–water partition coefficient (Wildman–Crippen LogP) is 2.13. The lowest BCUT2D eigenvalue weighted by atomic mass is 9.80. The lowest BCUT2D eigenvalue weighted by Gasteiger charge is -2.49. The zero-order valence-electron chi connectivity index (χ0n) is 19.8. The molecule has 3 saturated carbocycles. The Kier molecular flexibility index (Phi) is 6.25. The van der Waals surface area contributed by atoms with Crippen LogP contribution >= 0.6 is 0 Å². The van der Waals surface area contributed by atoms with E-state index in [9.17, 15) is 18.0 Å². The summed E-state index contributed by atoms with van der Waals surface area (Å²) >= 11 is 0. The number of carbonyl (C=O) groups excluding carboxylic acids is 2. The smallest absolute Gasteiger partial charge is 0.320 e. The minimum Gasteiger partial charge on any atom is -0.320 e. The highest BCUT2D eigenvalue weighted by atomic mass is 32.2. The number of nitrogens with one attached hydrogen (secondary N) is 2. The molecule has 0 aromatic carbocycles. The molecule has 10 heteroatoms. The lowest BCUT2D eigenvalue weighted by molar-refractivity contribution is -0.142. The van der Waals surface area contributed by atoms with Crippen molar-refractivity contribution in [2.45, 2.75) is 107 Å². The van der Waals surface area contributed by atoms with E-state index in [1.54, 1.807) is 0 Å². The van der Waals surface area contributed by atoms with Crippen LogP contribution in [0.2, 0.25) is 0 Å². The Morgan fingerprint density at radius 3 is 2.45 bits per heavy atom. The molecule has 0 aromatic rings. The molecule has 2 saturated heterocycles. The highest BCUT2D eigenvalue weighted by molar-refractivity contribution is 7.90. The van der Waals surface area contributed by atoms with Crippen molar-refractivity contribution < 1.29 is 22.8 Å². The van der Waals surface area contributed by atoms with Crippen molar-refractivity contribution in [2.75, 3.05) is 13.1 Å². The average Bonchev–Trinajstić information content (AvgIpc) is 3.14. The molecular weight excluding hydrogens is 444 g/mol. The highest BCUT2D eigenvalue weighted by Crippen LogP contribution is 2.41. The standard InChI is InChI=1S/C23H38N4O5S/c1-15-11-17(32-24-15)14-27-21(28)19-12-18(33(30,31)25-23(2)9-10-23)7-8-20(19)26(22(27)29)13-16-5-3-4-6-16/h15-20,24-25H,3-14H2,1-2H3. The van der Waals surface area contributed by atoms with E-state index in [1.165, 1.54) is 17.7 Å². The van der Waals surface area contributed by atoms with Gasteiger partial charge in [0.2, 0.25) is 15.9 Å². The molecule has 186 valence electrons. The summed E-state index contributed by atoms with van der Waals surface area (Å²) in [5.41, 5.74) is 2.59. The van der Waals surface area contributed by atoms with Crippen molar-refractivity contribution in [3.63, 3.8) is 0 Å². The molecule has 0 aromatic heterocycles. The first-order valence-electron chi connectivity index (χ1n) is 12.7. The first kappa shape index (κ1) is 23.5. The van der Waals surface area contributed by atoms with Crippen LogP contribution in [-0.4, -0.2) is 72.2 Å². The second-order valence-electron chi connectivity index (χ2n) is 11.3. The van der Waals surface area contributed by atoms with Crippen LogP contribution in [0.1, 0.15) is 78.1 Å². The molecule has 0 bridgehead atoms. The number of urea groups is 1. The number of amides is 3. The van der Waals surface area contributed by atoms with E-state index < -0.39 is 21.2 Å². The van der Waals surface area contributed by atoms with Crippen LogP contribution in [0, 0.1) is 11.8 Å². The Labute approximate surface area is 197 Å². The summed E-state index contributed by atoms with van der Waals surface area (Å²) in [6.07, 6.45) is 8.13. The molecule has 5 atom stereocenters. The van der Waals surface area contributed by atoms with Gasteiger partial charge in [-0.25, -0.2) is 17.9 Å². The zero-order chi connectivity index (χ0) is 23.4. The third-order valence-corrected chi connectivity index (χ3v) is 10.5. The molecule has 5 unspecified atom stereocenters. The summed E-state index contributed by atoms with van der Waals surface area (Å²) < 4.78 is 29.1. The largest absolute Gasteiger partial charge is 0.327 e. The van der Waals surface area contributed by atoms with Crippen LogP contribution in [0.5, 0.6) is 0 Å². The second kappa shape index (κ2) is 8.77. The molecular formula is C23H38N4O5S. The zero-order valence-corrected chi connectivity index (χ0v) is 20.6. The summed E-state index contributed by atoms with van der Waals surface area (Å²) in [6, 6.07) is -0.251. The fourth-order valence-electron chi connectivity index (χ4n) is 6.21. The Bertz CT molecular complexity index is 885. The third-order valence-electron chi connectivity index (χ3n) is 8.42. The Morgan fingerprint density at radius 2 is 1.82 bits per heavy atom. The van der Waals surface area contributed by atoms with Crippen LogP contribution in [0.3, 0.4) is 0 Å². The van der Waals surface area contributed by atoms with Gasteiger partial charge in [0.1, 0.15) is 0 Å². The van der Waals surface area contributed by atoms with Crippen LogP contribution in [-0.2, 0) is 19.7 Å². The van der Waals surface area contributed by atoms with Crippen molar-refractivity contribution in [3.05, 3.63) is 0 Å². The Morgan fingerprint density at radius 1 is 1.09 bits per heavy atom. The van der Waals surface area contributed by atoms with Crippen LogP contribution in [0.4, 0.5) is 4.79 Å². The molecule has 3 amide bonds. The summed E-state index contributed by atoms with van der Waals surface area (Å²) in [6.45, 7) is 4.82. The molecule has 33 heavy (non-hydrogen) atoms. The number of fused-ring (bicyclic) bond motifs is 1. The quantitative estimate of drug-likeness (QED) is 0.576. The third kappa shape index (κ3) is 4.81. The predicted molar refractivity (Wildman–Crippen MR) is 122 cm³/mol. The van der Waals surface area contributed by atoms with Crippen LogP contribution < -0.4 is 10.2 Å². The molecule has 5 fully saturated rings. The monoisotopic (exact) mass is 482 g/mol. The first-order valence-corrected chi connectivity index (χ1v) is 14.3.